The molecule has 0 spiro atoms. The van der Waals surface area contributed by atoms with E-state index in [0.29, 0.717) is 5.56 Å². The number of benzene rings is 1. The molecule has 2 aromatic rings. The van der Waals surface area contributed by atoms with E-state index >= 15 is 0 Å². The first-order chi connectivity index (χ1) is 9.74. The number of halogens is 4. The fraction of sp³-hybridized carbons (Fsp3) is 0.231. The third-order valence-electron chi connectivity index (χ3n) is 2.80. The first-order valence-electron chi connectivity index (χ1n) is 5.73. The highest BCUT2D eigenvalue weighted by molar-refractivity contribution is 6.33. The lowest BCUT2D eigenvalue weighted by Crippen LogP contribution is -2.05. The number of esters is 1. The molecule has 112 valence electrons. The standard InChI is InChI=1S/C13H10ClF3N2O2/c1-19-6-10(13(15,16)17)18-11(19)7-3-4-8(9(14)5-7)12(20)21-2/h3-6H,1-2H3. The summed E-state index contributed by atoms with van der Waals surface area (Å²) in [6.45, 7) is 0. The summed E-state index contributed by atoms with van der Waals surface area (Å²) in [7, 11) is 2.65. The van der Waals surface area contributed by atoms with E-state index in [4.69, 9.17) is 11.6 Å². The molecule has 0 saturated heterocycles. The SMILES string of the molecule is COC(=O)c1ccc(-c2nc(C(F)(F)F)cn2C)cc1Cl. The van der Waals surface area contributed by atoms with Crippen LogP contribution in [0.1, 0.15) is 16.1 Å². The van der Waals surface area contributed by atoms with Crippen LogP contribution in [0.25, 0.3) is 11.4 Å². The fourth-order valence-corrected chi connectivity index (χ4v) is 2.06. The first kappa shape index (κ1) is 15.4. The minimum Gasteiger partial charge on any atom is -0.465 e. The summed E-state index contributed by atoms with van der Waals surface area (Å²) >= 11 is 5.94. The summed E-state index contributed by atoms with van der Waals surface area (Å²) in [5.41, 5.74) is -0.494. The van der Waals surface area contributed by atoms with Crippen molar-refractivity contribution >= 4 is 17.6 Å². The maximum atomic E-state index is 12.6. The van der Waals surface area contributed by atoms with Gasteiger partial charge in [-0.25, -0.2) is 9.78 Å². The number of carbonyl (C=O) groups excluding carboxylic acids is 1. The number of aromatic nitrogens is 2. The molecule has 0 fully saturated rings. The Hall–Kier alpha value is -2.02. The van der Waals surface area contributed by atoms with Gasteiger partial charge in [0.1, 0.15) is 5.82 Å². The van der Waals surface area contributed by atoms with Crippen molar-refractivity contribution in [1.82, 2.24) is 9.55 Å². The number of aryl methyl sites for hydroxylation is 1. The Morgan fingerprint density at radius 2 is 2.05 bits per heavy atom. The predicted octanol–water partition coefficient (Wildman–Crippen LogP) is 3.55. The van der Waals surface area contributed by atoms with Crippen molar-refractivity contribution in [2.45, 2.75) is 6.18 Å². The van der Waals surface area contributed by atoms with E-state index in [0.717, 1.165) is 6.20 Å². The summed E-state index contributed by atoms with van der Waals surface area (Å²) < 4.78 is 43.7. The van der Waals surface area contributed by atoms with E-state index < -0.39 is 17.8 Å². The molecule has 2 rings (SSSR count). The molecule has 8 heteroatoms. The zero-order valence-corrected chi connectivity index (χ0v) is 11.8. The molecule has 0 atom stereocenters. The molecule has 1 aromatic carbocycles. The number of hydrogen-bond acceptors (Lipinski definition) is 3. The summed E-state index contributed by atoms with van der Waals surface area (Å²) in [6, 6.07) is 4.21. The maximum Gasteiger partial charge on any atom is 0.434 e. The Morgan fingerprint density at radius 3 is 2.52 bits per heavy atom. The quantitative estimate of drug-likeness (QED) is 0.795. The van der Waals surface area contributed by atoms with E-state index in [9.17, 15) is 18.0 Å². The molecular formula is C13H10ClF3N2O2. The smallest absolute Gasteiger partial charge is 0.434 e. The van der Waals surface area contributed by atoms with Gasteiger partial charge >= 0.3 is 12.1 Å². The van der Waals surface area contributed by atoms with Gasteiger partial charge in [0.05, 0.1) is 17.7 Å². The molecule has 4 nitrogen and oxygen atoms in total. The molecule has 0 aliphatic heterocycles. The van der Waals surface area contributed by atoms with Crippen molar-refractivity contribution in [3.8, 4) is 11.4 Å². The van der Waals surface area contributed by atoms with Crippen LogP contribution in [0.3, 0.4) is 0 Å². The van der Waals surface area contributed by atoms with Gasteiger partial charge in [-0.3, -0.25) is 0 Å². The maximum absolute atomic E-state index is 12.6. The number of ether oxygens (including phenoxy) is 1. The summed E-state index contributed by atoms with van der Waals surface area (Å²) in [4.78, 5) is 15.0. The third kappa shape index (κ3) is 3.02. The van der Waals surface area contributed by atoms with Crippen LogP contribution in [0, 0.1) is 0 Å². The molecule has 0 amide bonds. The van der Waals surface area contributed by atoms with E-state index in [-0.39, 0.29) is 16.4 Å². The Bertz CT molecular complexity index is 695. The minimum atomic E-state index is -4.52. The Kier molecular flexibility index (Phi) is 3.95. The lowest BCUT2D eigenvalue weighted by Gasteiger charge is -2.06. The topological polar surface area (TPSA) is 44.1 Å². The second-order valence-corrected chi connectivity index (χ2v) is 4.65. The monoisotopic (exact) mass is 318 g/mol. The summed E-state index contributed by atoms with van der Waals surface area (Å²) in [5.74, 6) is -0.525. The lowest BCUT2D eigenvalue weighted by atomic mass is 10.1. The van der Waals surface area contributed by atoms with Crippen LogP contribution >= 0.6 is 11.6 Å². The molecule has 0 radical (unpaired) electrons. The number of rotatable bonds is 2. The lowest BCUT2D eigenvalue weighted by molar-refractivity contribution is -0.140. The van der Waals surface area contributed by atoms with Gasteiger partial charge in [0.2, 0.25) is 0 Å². The van der Waals surface area contributed by atoms with Crippen molar-refractivity contribution in [3.63, 3.8) is 0 Å². The Labute approximate surface area is 123 Å². The number of methoxy groups -OCH3 is 1. The zero-order valence-electron chi connectivity index (χ0n) is 11.0. The summed E-state index contributed by atoms with van der Waals surface area (Å²) in [5, 5.41) is 0.0795. The fourth-order valence-electron chi connectivity index (χ4n) is 1.80. The van der Waals surface area contributed by atoms with Gasteiger partial charge in [-0.2, -0.15) is 13.2 Å². The number of carbonyl (C=O) groups is 1. The summed E-state index contributed by atoms with van der Waals surface area (Å²) in [6.07, 6.45) is -3.64. The van der Waals surface area contributed by atoms with E-state index in [1.165, 1.54) is 36.9 Å². The van der Waals surface area contributed by atoms with Crippen molar-refractivity contribution in [1.29, 1.82) is 0 Å². The second kappa shape index (κ2) is 5.40. The third-order valence-corrected chi connectivity index (χ3v) is 3.11. The van der Waals surface area contributed by atoms with Crippen LogP contribution in [-0.2, 0) is 18.0 Å². The number of hydrogen-bond donors (Lipinski definition) is 0. The van der Waals surface area contributed by atoms with Crippen LogP contribution in [0.2, 0.25) is 5.02 Å². The first-order valence-corrected chi connectivity index (χ1v) is 6.10. The molecule has 0 aliphatic rings. The van der Waals surface area contributed by atoms with Crippen LogP contribution in [0.5, 0.6) is 0 Å². The van der Waals surface area contributed by atoms with Crippen LogP contribution in [-0.4, -0.2) is 22.6 Å². The van der Waals surface area contributed by atoms with Crippen molar-refractivity contribution in [2.75, 3.05) is 7.11 Å². The molecule has 0 bridgehead atoms. The molecule has 0 saturated carbocycles. The Balaban J connectivity index is 2.46. The van der Waals surface area contributed by atoms with Crippen molar-refractivity contribution < 1.29 is 22.7 Å². The minimum absolute atomic E-state index is 0.0795. The Morgan fingerprint density at radius 1 is 1.38 bits per heavy atom. The molecule has 0 unspecified atom stereocenters. The van der Waals surface area contributed by atoms with Gasteiger partial charge in [-0.05, 0) is 12.1 Å². The van der Waals surface area contributed by atoms with Gasteiger partial charge in [-0.1, -0.05) is 17.7 Å². The van der Waals surface area contributed by atoms with Gasteiger partial charge in [0.25, 0.3) is 0 Å². The van der Waals surface area contributed by atoms with E-state index in [2.05, 4.69) is 9.72 Å². The van der Waals surface area contributed by atoms with Crippen LogP contribution in [0.4, 0.5) is 13.2 Å². The second-order valence-electron chi connectivity index (χ2n) is 4.24. The average molecular weight is 319 g/mol. The van der Waals surface area contributed by atoms with E-state index in [1.54, 1.807) is 0 Å². The molecule has 0 N–H and O–H groups in total. The largest absolute Gasteiger partial charge is 0.465 e. The molecule has 1 aromatic heterocycles. The van der Waals surface area contributed by atoms with Crippen molar-refractivity contribution in [2.24, 2.45) is 7.05 Å². The molecule has 0 aliphatic carbocycles. The normalized spacial score (nSPS) is 11.5. The number of imidazole rings is 1. The van der Waals surface area contributed by atoms with Gasteiger partial charge in [0.15, 0.2) is 5.69 Å². The van der Waals surface area contributed by atoms with Gasteiger partial charge in [-0.15, -0.1) is 0 Å². The predicted molar refractivity (Wildman–Crippen MR) is 70.0 cm³/mol. The van der Waals surface area contributed by atoms with Crippen LogP contribution in [0.15, 0.2) is 24.4 Å². The highest BCUT2D eigenvalue weighted by Gasteiger charge is 2.34. The molecule has 21 heavy (non-hydrogen) atoms. The van der Waals surface area contributed by atoms with Gasteiger partial charge in [0, 0.05) is 18.8 Å². The number of nitrogens with zero attached hydrogens (tertiary/aromatic N) is 2. The molecular weight excluding hydrogens is 309 g/mol. The van der Waals surface area contributed by atoms with Gasteiger partial charge < -0.3 is 9.30 Å². The zero-order chi connectivity index (χ0) is 15.8. The van der Waals surface area contributed by atoms with Crippen molar-refractivity contribution in [3.05, 3.63) is 40.7 Å². The highest BCUT2D eigenvalue weighted by Crippen LogP contribution is 2.31. The molecule has 1 heterocycles. The average Bonchev–Trinajstić information content (AvgIpc) is 2.80. The van der Waals surface area contributed by atoms with Crippen LogP contribution < -0.4 is 0 Å². The highest BCUT2D eigenvalue weighted by atomic mass is 35.5. The van der Waals surface area contributed by atoms with E-state index in [1.807, 2.05) is 0 Å². The number of alkyl halides is 3.